The molecule has 2 heterocycles. The SMILES string of the molecule is Cc1ccc2nc(COC(=O)CSc3ccc4c(c3)CCC4)cc(=O)n2c1. The van der Waals surface area contributed by atoms with Crippen LogP contribution in [0, 0.1) is 6.92 Å². The molecule has 3 aromatic rings. The van der Waals surface area contributed by atoms with E-state index in [0.717, 1.165) is 23.3 Å². The van der Waals surface area contributed by atoms with Gasteiger partial charge in [-0.15, -0.1) is 11.8 Å². The van der Waals surface area contributed by atoms with Crippen molar-refractivity contribution in [2.24, 2.45) is 0 Å². The monoisotopic (exact) mass is 380 g/mol. The minimum Gasteiger partial charge on any atom is -0.459 e. The molecule has 0 spiro atoms. The summed E-state index contributed by atoms with van der Waals surface area (Å²) in [5.41, 5.74) is 4.62. The number of carbonyl (C=O) groups excluding carboxylic acids is 1. The smallest absolute Gasteiger partial charge is 0.316 e. The predicted molar refractivity (Wildman–Crippen MR) is 105 cm³/mol. The lowest BCUT2D eigenvalue weighted by molar-refractivity contribution is -0.141. The van der Waals surface area contributed by atoms with Crippen LogP contribution in [0.2, 0.25) is 0 Å². The molecule has 1 aromatic carbocycles. The van der Waals surface area contributed by atoms with Crippen molar-refractivity contribution in [2.45, 2.75) is 37.7 Å². The summed E-state index contributed by atoms with van der Waals surface area (Å²) in [7, 11) is 0. The van der Waals surface area contributed by atoms with Gasteiger partial charge in [0.15, 0.2) is 0 Å². The standard InChI is InChI=1S/C21H20N2O3S/c1-14-5-8-19-22-17(10-20(24)23(19)11-14)12-26-21(25)13-27-18-7-6-15-3-2-4-16(15)9-18/h5-11H,2-4,12-13H2,1H3. The molecule has 2 aromatic heterocycles. The van der Waals surface area contributed by atoms with Crippen LogP contribution in [0.3, 0.4) is 0 Å². The van der Waals surface area contributed by atoms with Crippen LogP contribution in [0.25, 0.3) is 5.65 Å². The van der Waals surface area contributed by atoms with E-state index in [1.54, 1.807) is 12.3 Å². The first kappa shape index (κ1) is 17.8. The molecule has 0 aliphatic heterocycles. The first-order chi connectivity index (χ1) is 13.1. The summed E-state index contributed by atoms with van der Waals surface area (Å²) in [5.74, 6) is -0.0729. The zero-order chi connectivity index (χ0) is 18.8. The Morgan fingerprint density at radius 2 is 2.04 bits per heavy atom. The molecule has 0 saturated heterocycles. The number of aromatic nitrogens is 2. The molecule has 0 radical (unpaired) electrons. The van der Waals surface area contributed by atoms with Gasteiger partial charge in [-0.05, 0) is 61.1 Å². The molecule has 1 aliphatic rings. The Hall–Kier alpha value is -2.60. The van der Waals surface area contributed by atoms with Crippen LogP contribution in [0.5, 0.6) is 0 Å². The number of carbonyl (C=O) groups is 1. The van der Waals surface area contributed by atoms with Crippen molar-refractivity contribution in [1.82, 2.24) is 9.38 Å². The summed E-state index contributed by atoms with van der Waals surface area (Å²) < 4.78 is 6.79. The van der Waals surface area contributed by atoms with Gasteiger partial charge < -0.3 is 4.74 Å². The maximum atomic E-state index is 12.2. The molecule has 0 atom stereocenters. The largest absolute Gasteiger partial charge is 0.459 e. The number of hydrogen-bond acceptors (Lipinski definition) is 5. The minimum atomic E-state index is -0.314. The Morgan fingerprint density at radius 3 is 2.93 bits per heavy atom. The van der Waals surface area contributed by atoms with Crippen LogP contribution >= 0.6 is 11.8 Å². The van der Waals surface area contributed by atoms with E-state index < -0.39 is 0 Å². The van der Waals surface area contributed by atoms with Crippen LogP contribution in [0.1, 0.15) is 28.8 Å². The fraction of sp³-hybridized carbons (Fsp3) is 0.286. The fourth-order valence-corrected chi connectivity index (χ4v) is 4.07. The number of esters is 1. The zero-order valence-electron chi connectivity index (χ0n) is 15.1. The summed E-state index contributed by atoms with van der Waals surface area (Å²) in [5, 5.41) is 0. The van der Waals surface area contributed by atoms with E-state index in [4.69, 9.17) is 4.74 Å². The van der Waals surface area contributed by atoms with E-state index in [-0.39, 0.29) is 23.9 Å². The normalized spacial score (nSPS) is 12.9. The first-order valence-corrected chi connectivity index (χ1v) is 9.96. The van der Waals surface area contributed by atoms with Gasteiger partial charge in [0.1, 0.15) is 12.3 Å². The topological polar surface area (TPSA) is 60.7 Å². The molecule has 4 rings (SSSR count). The minimum absolute atomic E-state index is 0.00317. The van der Waals surface area contributed by atoms with Crippen molar-refractivity contribution in [3.05, 3.63) is 75.3 Å². The van der Waals surface area contributed by atoms with Crippen LogP contribution in [0.15, 0.2) is 52.3 Å². The van der Waals surface area contributed by atoms with E-state index >= 15 is 0 Å². The van der Waals surface area contributed by atoms with Gasteiger partial charge in [0.05, 0.1) is 11.4 Å². The Bertz CT molecular complexity index is 1070. The molecule has 0 unspecified atom stereocenters. The molecule has 0 N–H and O–H groups in total. The Kier molecular flexibility index (Phi) is 4.99. The Morgan fingerprint density at radius 1 is 1.19 bits per heavy atom. The second-order valence-corrected chi connectivity index (χ2v) is 7.80. The molecule has 6 heteroatoms. The van der Waals surface area contributed by atoms with Gasteiger partial charge >= 0.3 is 5.97 Å². The van der Waals surface area contributed by atoms with Crippen molar-refractivity contribution < 1.29 is 9.53 Å². The summed E-state index contributed by atoms with van der Waals surface area (Å²) in [6.45, 7) is 1.92. The number of nitrogens with zero attached hydrogens (tertiary/aromatic N) is 2. The molecule has 138 valence electrons. The molecule has 0 bridgehead atoms. The average molecular weight is 380 g/mol. The van der Waals surface area contributed by atoms with Crippen molar-refractivity contribution >= 4 is 23.4 Å². The number of fused-ring (bicyclic) bond motifs is 2. The quantitative estimate of drug-likeness (QED) is 0.502. The number of thioether (sulfide) groups is 1. The van der Waals surface area contributed by atoms with Gasteiger partial charge in [0, 0.05) is 17.2 Å². The Balaban J connectivity index is 1.36. The Labute approximate surface area is 161 Å². The van der Waals surface area contributed by atoms with Crippen LogP contribution in [-0.4, -0.2) is 21.1 Å². The molecular weight excluding hydrogens is 360 g/mol. The second kappa shape index (κ2) is 7.56. The molecule has 0 fully saturated rings. The molecule has 0 saturated carbocycles. The van der Waals surface area contributed by atoms with E-state index in [0.29, 0.717) is 11.3 Å². The summed E-state index contributed by atoms with van der Waals surface area (Å²) in [4.78, 5) is 29.7. The number of aryl methyl sites for hydroxylation is 3. The third-order valence-corrected chi connectivity index (χ3v) is 5.64. The third kappa shape index (κ3) is 4.06. The van der Waals surface area contributed by atoms with Crippen LogP contribution in [0.4, 0.5) is 0 Å². The molecule has 0 amide bonds. The summed E-state index contributed by atoms with van der Waals surface area (Å²) in [6.07, 6.45) is 5.23. The van der Waals surface area contributed by atoms with Crippen LogP contribution in [-0.2, 0) is 29.0 Å². The van der Waals surface area contributed by atoms with E-state index in [1.807, 2.05) is 13.0 Å². The van der Waals surface area contributed by atoms with Crippen molar-refractivity contribution in [2.75, 3.05) is 5.75 Å². The predicted octanol–water partition coefficient (Wildman–Crippen LogP) is 3.33. The lowest BCUT2D eigenvalue weighted by Gasteiger charge is -2.07. The van der Waals surface area contributed by atoms with Gasteiger partial charge in [-0.1, -0.05) is 12.1 Å². The fourth-order valence-electron chi connectivity index (χ4n) is 3.31. The number of ether oxygens (including phenoxy) is 1. The highest BCUT2D eigenvalue weighted by atomic mass is 32.2. The maximum absolute atomic E-state index is 12.2. The van der Waals surface area contributed by atoms with Gasteiger partial charge in [-0.25, -0.2) is 4.98 Å². The number of rotatable bonds is 5. The van der Waals surface area contributed by atoms with Gasteiger partial charge in [-0.2, -0.15) is 0 Å². The van der Waals surface area contributed by atoms with Crippen molar-refractivity contribution in [1.29, 1.82) is 0 Å². The molecular formula is C21H20N2O3S. The van der Waals surface area contributed by atoms with Gasteiger partial charge in [-0.3, -0.25) is 14.0 Å². The van der Waals surface area contributed by atoms with Crippen molar-refractivity contribution in [3.63, 3.8) is 0 Å². The highest BCUT2D eigenvalue weighted by molar-refractivity contribution is 8.00. The lowest BCUT2D eigenvalue weighted by Crippen LogP contribution is -2.17. The van der Waals surface area contributed by atoms with Gasteiger partial charge in [0.2, 0.25) is 0 Å². The summed E-state index contributed by atoms with van der Waals surface area (Å²) in [6, 6.07) is 11.5. The van der Waals surface area contributed by atoms with E-state index in [1.165, 1.54) is 39.8 Å². The lowest BCUT2D eigenvalue weighted by atomic mass is 10.1. The van der Waals surface area contributed by atoms with Gasteiger partial charge in [0.25, 0.3) is 5.56 Å². The maximum Gasteiger partial charge on any atom is 0.316 e. The number of pyridine rings is 1. The van der Waals surface area contributed by atoms with Crippen LogP contribution < -0.4 is 5.56 Å². The second-order valence-electron chi connectivity index (χ2n) is 6.75. The molecule has 1 aliphatic carbocycles. The average Bonchev–Trinajstić information content (AvgIpc) is 3.13. The molecule has 27 heavy (non-hydrogen) atoms. The highest BCUT2D eigenvalue weighted by Gasteiger charge is 2.12. The summed E-state index contributed by atoms with van der Waals surface area (Å²) >= 11 is 1.48. The van der Waals surface area contributed by atoms with Crippen molar-refractivity contribution in [3.8, 4) is 0 Å². The zero-order valence-corrected chi connectivity index (χ0v) is 15.9. The highest BCUT2D eigenvalue weighted by Crippen LogP contribution is 2.27. The van der Waals surface area contributed by atoms with E-state index in [9.17, 15) is 9.59 Å². The number of hydrogen-bond donors (Lipinski definition) is 0. The third-order valence-electron chi connectivity index (χ3n) is 4.67. The van der Waals surface area contributed by atoms with E-state index in [2.05, 4.69) is 23.2 Å². The first-order valence-electron chi connectivity index (χ1n) is 8.98. The number of benzene rings is 1. The molecule has 5 nitrogen and oxygen atoms in total.